The lowest BCUT2D eigenvalue weighted by molar-refractivity contribution is -0.118. The molecule has 0 aliphatic carbocycles. The maximum absolute atomic E-state index is 12.3. The van der Waals surface area contributed by atoms with E-state index in [0.717, 1.165) is 17.8 Å². The molecule has 1 saturated heterocycles. The molecule has 134 valence electrons. The number of fused-ring (bicyclic) bond motifs is 1. The van der Waals surface area contributed by atoms with Crippen LogP contribution in [0, 0.1) is 0 Å². The minimum atomic E-state index is -1.48. The summed E-state index contributed by atoms with van der Waals surface area (Å²) in [4.78, 5) is 35.3. The third-order valence-electron chi connectivity index (χ3n) is 3.77. The van der Waals surface area contributed by atoms with Crippen molar-refractivity contribution in [2.24, 2.45) is 0 Å². The summed E-state index contributed by atoms with van der Waals surface area (Å²) in [6.45, 7) is 0.596. The molecule has 1 aliphatic heterocycles. The van der Waals surface area contributed by atoms with Crippen LogP contribution in [0.5, 0.6) is 0 Å². The van der Waals surface area contributed by atoms with E-state index in [-0.39, 0.29) is 22.8 Å². The maximum atomic E-state index is 12.3. The number of nitrogens with two attached hydrogens (primary N) is 1. The fourth-order valence-corrected chi connectivity index (χ4v) is 2.64. The Labute approximate surface area is 140 Å². The molecule has 3 heterocycles. The number of ether oxygens (including phenoxy) is 1. The first-order valence-corrected chi connectivity index (χ1v) is 7.28. The average Bonchev–Trinajstić information content (AvgIpc) is 3.07. The van der Waals surface area contributed by atoms with Gasteiger partial charge in [-0.25, -0.2) is 15.0 Å². The van der Waals surface area contributed by atoms with E-state index in [2.05, 4.69) is 20.3 Å². The van der Waals surface area contributed by atoms with Crippen molar-refractivity contribution >= 4 is 28.8 Å². The van der Waals surface area contributed by atoms with Gasteiger partial charge >= 0.3 is 0 Å². The van der Waals surface area contributed by atoms with E-state index in [9.17, 15) is 24.9 Å². The molecule has 1 aliphatic rings. The number of imidazole rings is 1. The Kier molecular flexibility index (Phi) is 4.34. The van der Waals surface area contributed by atoms with E-state index in [0.29, 0.717) is 0 Å². The quantitative estimate of drug-likeness (QED) is 0.389. The summed E-state index contributed by atoms with van der Waals surface area (Å²) < 4.78 is 6.54. The predicted octanol–water partition coefficient (Wildman–Crippen LogP) is -2.70. The topological polar surface area (TPSA) is 186 Å². The highest BCUT2D eigenvalue weighted by molar-refractivity contribution is 6.04. The van der Waals surface area contributed by atoms with Gasteiger partial charge in [-0.15, -0.1) is 0 Å². The molecule has 3 rings (SSSR count). The second-order valence-corrected chi connectivity index (χ2v) is 5.48. The van der Waals surface area contributed by atoms with Crippen molar-refractivity contribution in [3.05, 3.63) is 12.2 Å². The Balaban J connectivity index is 2.17. The van der Waals surface area contributed by atoms with Gasteiger partial charge in [-0.3, -0.25) is 19.5 Å². The lowest BCUT2D eigenvalue weighted by Crippen LogP contribution is -2.35. The molecule has 4 atom stereocenters. The summed E-state index contributed by atoms with van der Waals surface area (Å²) in [7, 11) is 0. The largest absolute Gasteiger partial charge is 0.394 e. The molecule has 2 aromatic rings. The highest BCUT2D eigenvalue weighted by Crippen LogP contribution is 2.33. The number of carbonyl (C=O) groups excluding carboxylic acids is 2. The van der Waals surface area contributed by atoms with Crippen molar-refractivity contribution in [1.29, 1.82) is 0 Å². The summed E-state index contributed by atoms with van der Waals surface area (Å²) in [5.41, 5.74) is 5.87. The number of hydrogen-bond donors (Lipinski definition) is 5. The lowest BCUT2D eigenvalue weighted by Gasteiger charge is -2.18. The van der Waals surface area contributed by atoms with Crippen molar-refractivity contribution in [3.63, 3.8) is 0 Å². The minimum Gasteiger partial charge on any atom is -0.394 e. The number of nitrogens with zero attached hydrogens (tertiary/aromatic N) is 4. The molecule has 25 heavy (non-hydrogen) atoms. The lowest BCUT2D eigenvalue weighted by atomic mass is 10.1. The van der Waals surface area contributed by atoms with E-state index in [1.165, 1.54) is 0 Å². The zero-order chi connectivity index (χ0) is 18.3. The van der Waals surface area contributed by atoms with E-state index in [1.54, 1.807) is 0 Å². The average molecular weight is 352 g/mol. The van der Waals surface area contributed by atoms with Gasteiger partial charge in [-0.1, -0.05) is 0 Å². The number of aliphatic hydroxyl groups is 3. The number of anilines is 1. The number of aromatic nitrogens is 4. The highest BCUT2D eigenvalue weighted by Gasteiger charge is 2.45. The summed E-state index contributed by atoms with van der Waals surface area (Å²) in [6.07, 6.45) is -4.09. The van der Waals surface area contributed by atoms with Crippen molar-refractivity contribution in [3.8, 4) is 0 Å². The normalized spacial score (nSPS) is 26.1. The van der Waals surface area contributed by atoms with Crippen LogP contribution in [0.25, 0.3) is 11.2 Å². The van der Waals surface area contributed by atoms with Gasteiger partial charge in [0.25, 0.3) is 5.91 Å². The zero-order valence-corrected chi connectivity index (χ0v) is 13.0. The third kappa shape index (κ3) is 2.80. The van der Waals surface area contributed by atoms with Crippen LogP contribution < -0.4 is 11.1 Å². The first-order chi connectivity index (χ1) is 11.8. The summed E-state index contributed by atoms with van der Waals surface area (Å²) in [6, 6.07) is 0. The zero-order valence-electron chi connectivity index (χ0n) is 13.0. The molecular weight excluding hydrogens is 336 g/mol. The standard InChI is InChI=1S/C13H16N6O6/c1-4(21)17-12(24)11-18-6-9(14)15-3-16-10(6)19(11)13-8(23)7(22)5(2-20)25-13/h3,5,7-8,13,20,22-23H,2H2,1H3,(H2,14,15,16)(H,17,21,24)/t5-,7-,8-,13-/m1/s1. The number of rotatable bonds is 3. The molecule has 0 radical (unpaired) electrons. The molecule has 0 aromatic carbocycles. The van der Waals surface area contributed by atoms with E-state index >= 15 is 0 Å². The van der Waals surface area contributed by atoms with Crippen molar-refractivity contribution < 1.29 is 29.6 Å². The molecule has 12 nitrogen and oxygen atoms in total. The second kappa shape index (κ2) is 6.33. The number of aliphatic hydroxyl groups excluding tert-OH is 3. The first kappa shape index (κ1) is 17.2. The van der Waals surface area contributed by atoms with Gasteiger partial charge in [0.2, 0.25) is 11.7 Å². The smallest absolute Gasteiger partial charge is 0.294 e. The van der Waals surface area contributed by atoms with Crippen LogP contribution in [-0.2, 0) is 9.53 Å². The Morgan fingerprint density at radius 2 is 2.08 bits per heavy atom. The van der Waals surface area contributed by atoms with Crippen LogP contribution in [0.1, 0.15) is 23.8 Å². The van der Waals surface area contributed by atoms with Gasteiger partial charge < -0.3 is 25.8 Å². The molecule has 2 aromatic heterocycles. The molecule has 0 saturated carbocycles. The fourth-order valence-electron chi connectivity index (χ4n) is 2.64. The number of imide groups is 1. The first-order valence-electron chi connectivity index (χ1n) is 7.28. The Hall–Kier alpha value is -2.67. The van der Waals surface area contributed by atoms with Gasteiger partial charge in [0, 0.05) is 6.92 Å². The summed E-state index contributed by atoms with van der Waals surface area (Å²) in [5.74, 6) is -1.83. The Morgan fingerprint density at radius 1 is 1.36 bits per heavy atom. The van der Waals surface area contributed by atoms with Crippen LogP contribution in [-0.4, -0.2) is 71.6 Å². The molecular formula is C13H16N6O6. The van der Waals surface area contributed by atoms with Gasteiger partial charge in [-0.05, 0) is 0 Å². The molecule has 2 amide bonds. The number of nitrogens with one attached hydrogen (secondary N) is 1. The van der Waals surface area contributed by atoms with Crippen molar-refractivity contribution in [2.75, 3.05) is 12.3 Å². The van der Waals surface area contributed by atoms with Crippen LogP contribution >= 0.6 is 0 Å². The van der Waals surface area contributed by atoms with Crippen LogP contribution in [0.3, 0.4) is 0 Å². The van der Waals surface area contributed by atoms with Gasteiger partial charge in [0.05, 0.1) is 6.61 Å². The molecule has 12 heteroatoms. The summed E-state index contributed by atoms with van der Waals surface area (Å²) >= 11 is 0. The highest BCUT2D eigenvalue weighted by atomic mass is 16.6. The number of hydrogen-bond acceptors (Lipinski definition) is 10. The molecule has 0 unspecified atom stereocenters. The van der Waals surface area contributed by atoms with Crippen LogP contribution in [0.2, 0.25) is 0 Å². The Bertz CT molecular complexity index is 838. The number of nitrogen functional groups attached to an aromatic ring is 1. The van der Waals surface area contributed by atoms with Gasteiger partial charge in [0.1, 0.15) is 24.6 Å². The number of amides is 2. The van der Waals surface area contributed by atoms with Gasteiger partial charge in [-0.2, -0.15) is 0 Å². The molecule has 6 N–H and O–H groups in total. The van der Waals surface area contributed by atoms with Gasteiger partial charge in [0.15, 0.2) is 23.2 Å². The van der Waals surface area contributed by atoms with Crippen molar-refractivity contribution in [2.45, 2.75) is 31.5 Å². The number of carbonyl (C=O) groups is 2. The molecule has 0 bridgehead atoms. The molecule has 0 spiro atoms. The van der Waals surface area contributed by atoms with Crippen molar-refractivity contribution in [1.82, 2.24) is 24.8 Å². The molecule has 1 fully saturated rings. The van der Waals surface area contributed by atoms with Crippen LogP contribution in [0.4, 0.5) is 5.82 Å². The monoisotopic (exact) mass is 352 g/mol. The maximum Gasteiger partial charge on any atom is 0.294 e. The van der Waals surface area contributed by atoms with Crippen LogP contribution in [0.15, 0.2) is 6.33 Å². The predicted molar refractivity (Wildman–Crippen MR) is 80.9 cm³/mol. The fraction of sp³-hybridized carbons (Fsp3) is 0.462. The van der Waals surface area contributed by atoms with E-state index < -0.39 is 43.0 Å². The SMILES string of the molecule is CC(=O)NC(=O)c1nc2c(N)ncnc2n1[C@@H]1O[C@H](CO)[C@@H](O)[C@H]1O. The second-order valence-electron chi connectivity index (χ2n) is 5.48. The van der Waals surface area contributed by atoms with E-state index in [1.807, 2.05) is 0 Å². The van der Waals surface area contributed by atoms with E-state index in [4.69, 9.17) is 10.5 Å². The Morgan fingerprint density at radius 3 is 2.68 bits per heavy atom. The minimum absolute atomic E-state index is 0.0210. The summed E-state index contributed by atoms with van der Waals surface area (Å²) in [5, 5.41) is 31.5. The third-order valence-corrected chi connectivity index (χ3v) is 3.77.